The molecule has 4 nitrogen and oxygen atoms in total. The van der Waals surface area contributed by atoms with Crippen molar-refractivity contribution in [3.8, 4) is 5.75 Å². The molecule has 3 N–H and O–H groups in total. The lowest BCUT2D eigenvalue weighted by atomic mass is 10.1. The molecule has 0 aliphatic carbocycles. The van der Waals surface area contributed by atoms with E-state index in [0.717, 1.165) is 6.07 Å². The van der Waals surface area contributed by atoms with Crippen LogP contribution in [0.25, 0.3) is 0 Å². The van der Waals surface area contributed by atoms with Crippen LogP contribution in [0.2, 0.25) is 0 Å². The summed E-state index contributed by atoms with van der Waals surface area (Å²) >= 11 is 0. The monoisotopic (exact) mass is 260 g/mol. The van der Waals surface area contributed by atoms with Gasteiger partial charge in [-0.3, -0.25) is 4.79 Å². The first-order chi connectivity index (χ1) is 9.10. The number of carbonyl (C=O) groups is 1. The Morgan fingerprint density at radius 3 is 2.53 bits per heavy atom. The molecule has 98 valence electrons. The Morgan fingerprint density at radius 2 is 1.89 bits per heavy atom. The van der Waals surface area contributed by atoms with Crippen molar-refractivity contribution >= 4 is 17.3 Å². The van der Waals surface area contributed by atoms with Crippen LogP contribution in [0.5, 0.6) is 5.75 Å². The van der Waals surface area contributed by atoms with Crippen molar-refractivity contribution in [1.82, 2.24) is 0 Å². The van der Waals surface area contributed by atoms with Crippen LogP contribution in [0.15, 0.2) is 42.5 Å². The van der Waals surface area contributed by atoms with E-state index in [-0.39, 0.29) is 5.56 Å². The van der Waals surface area contributed by atoms with Gasteiger partial charge in [0.15, 0.2) is 0 Å². The Bertz CT molecular complexity index is 597. The number of rotatable bonds is 3. The minimum absolute atomic E-state index is 0.0872. The van der Waals surface area contributed by atoms with E-state index in [9.17, 15) is 9.18 Å². The van der Waals surface area contributed by atoms with E-state index in [2.05, 4.69) is 5.32 Å². The number of hydrogen-bond donors (Lipinski definition) is 2. The summed E-state index contributed by atoms with van der Waals surface area (Å²) < 4.78 is 18.5. The Hall–Kier alpha value is -2.56. The van der Waals surface area contributed by atoms with Crippen LogP contribution in [-0.4, -0.2) is 13.0 Å². The average molecular weight is 260 g/mol. The maximum absolute atomic E-state index is 13.5. The molecule has 0 unspecified atom stereocenters. The highest BCUT2D eigenvalue weighted by Crippen LogP contribution is 2.17. The molecule has 2 rings (SSSR count). The Labute approximate surface area is 110 Å². The van der Waals surface area contributed by atoms with E-state index < -0.39 is 11.7 Å². The summed E-state index contributed by atoms with van der Waals surface area (Å²) in [5.74, 6) is -0.483. The van der Waals surface area contributed by atoms with E-state index in [1.165, 1.54) is 12.1 Å². The molecule has 0 aromatic heterocycles. The standard InChI is InChI=1S/C14H13FN2O2/c1-19-11-5-3-10(4-6-11)17-14(18)12-8-9(16)2-7-13(12)15/h2-8H,16H2,1H3,(H,17,18). The molecule has 0 radical (unpaired) electrons. The lowest BCUT2D eigenvalue weighted by Crippen LogP contribution is -2.14. The van der Waals surface area contributed by atoms with Crippen LogP contribution in [0.3, 0.4) is 0 Å². The van der Waals surface area contributed by atoms with Crippen molar-refractivity contribution in [1.29, 1.82) is 0 Å². The maximum atomic E-state index is 13.5. The number of carbonyl (C=O) groups excluding carboxylic acids is 1. The fraction of sp³-hybridized carbons (Fsp3) is 0.0714. The topological polar surface area (TPSA) is 64.3 Å². The fourth-order valence-corrected chi connectivity index (χ4v) is 1.59. The molecular formula is C14H13FN2O2. The summed E-state index contributed by atoms with van der Waals surface area (Å²) in [6, 6.07) is 10.6. The summed E-state index contributed by atoms with van der Waals surface area (Å²) in [6.45, 7) is 0. The first-order valence-electron chi connectivity index (χ1n) is 5.60. The SMILES string of the molecule is COc1ccc(NC(=O)c2cc(N)ccc2F)cc1. The van der Waals surface area contributed by atoms with E-state index in [4.69, 9.17) is 10.5 Å². The van der Waals surface area contributed by atoms with Gasteiger partial charge in [-0.1, -0.05) is 0 Å². The highest BCUT2D eigenvalue weighted by Gasteiger charge is 2.12. The normalized spacial score (nSPS) is 10.0. The molecule has 19 heavy (non-hydrogen) atoms. The molecule has 0 bridgehead atoms. The number of nitrogens with one attached hydrogen (secondary N) is 1. The largest absolute Gasteiger partial charge is 0.497 e. The van der Waals surface area contributed by atoms with Gasteiger partial charge in [0.05, 0.1) is 12.7 Å². The van der Waals surface area contributed by atoms with Crippen molar-refractivity contribution in [2.45, 2.75) is 0 Å². The number of hydrogen-bond acceptors (Lipinski definition) is 3. The molecule has 0 atom stereocenters. The van der Waals surface area contributed by atoms with Gasteiger partial charge in [-0.25, -0.2) is 4.39 Å². The average Bonchev–Trinajstić information content (AvgIpc) is 2.42. The minimum Gasteiger partial charge on any atom is -0.497 e. The van der Waals surface area contributed by atoms with E-state index >= 15 is 0 Å². The van der Waals surface area contributed by atoms with Crippen molar-refractivity contribution < 1.29 is 13.9 Å². The number of benzene rings is 2. The zero-order valence-electron chi connectivity index (χ0n) is 10.3. The summed E-state index contributed by atoms with van der Waals surface area (Å²) in [5, 5.41) is 2.59. The van der Waals surface area contributed by atoms with Crippen LogP contribution in [0, 0.1) is 5.82 Å². The van der Waals surface area contributed by atoms with Crippen molar-refractivity contribution in [2.75, 3.05) is 18.2 Å². The second-order valence-electron chi connectivity index (χ2n) is 3.92. The summed E-state index contributed by atoms with van der Waals surface area (Å²) in [4.78, 5) is 11.9. The molecular weight excluding hydrogens is 247 g/mol. The number of anilines is 2. The highest BCUT2D eigenvalue weighted by atomic mass is 19.1. The fourth-order valence-electron chi connectivity index (χ4n) is 1.59. The Morgan fingerprint density at radius 1 is 1.21 bits per heavy atom. The van der Waals surface area contributed by atoms with Gasteiger partial charge in [0.2, 0.25) is 0 Å². The van der Waals surface area contributed by atoms with Crippen LogP contribution < -0.4 is 15.8 Å². The number of amides is 1. The van der Waals surface area contributed by atoms with E-state index in [0.29, 0.717) is 17.1 Å². The first kappa shape index (κ1) is 12.9. The van der Waals surface area contributed by atoms with Gasteiger partial charge in [-0.05, 0) is 42.5 Å². The molecule has 0 heterocycles. The lowest BCUT2D eigenvalue weighted by molar-refractivity contribution is 0.102. The number of halogens is 1. The van der Waals surface area contributed by atoms with Gasteiger partial charge in [0.25, 0.3) is 5.91 Å². The zero-order valence-corrected chi connectivity index (χ0v) is 10.3. The van der Waals surface area contributed by atoms with Gasteiger partial charge in [0.1, 0.15) is 11.6 Å². The molecule has 0 saturated carbocycles. The van der Waals surface area contributed by atoms with Crippen LogP contribution >= 0.6 is 0 Å². The van der Waals surface area contributed by atoms with Crippen molar-refractivity contribution in [3.05, 3.63) is 53.8 Å². The van der Waals surface area contributed by atoms with Gasteiger partial charge in [-0.2, -0.15) is 0 Å². The Balaban J connectivity index is 2.18. The molecule has 1 amide bonds. The summed E-state index contributed by atoms with van der Waals surface area (Å²) in [5.41, 5.74) is 6.33. The number of methoxy groups -OCH3 is 1. The predicted octanol–water partition coefficient (Wildman–Crippen LogP) is 2.67. The zero-order chi connectivity index (χ0) is 13.8. The molecule has 0 aliphatic heterocycles. The van der Waals surface area contributed by atoms with Gasteiger partial charge >= 0.3 is 0 Å². The smallest absolute Gasteiger partial charge is 0.258 e. The molecule has 0 aliphatic rings. The third kappa shape index (κ3) is 3.01. The van der Waals surface area contributed by atoms with Gasteiger partial charge in [-0.15, -0.1) is 0 Å². The number of ether oxygens (including phenoxy) is 1. The molecule has 2 aromatic rings. The van der Waals surface area contributed by atoms with Gasteiger partial charge < -0.3 is 15.8 Å². The van der Waals surface area contributed by atoms with Gasteiger partial charge in [0, 0.05) is 11.4 Å². The van der Waals surface area contributed by atoms with Crippen molar-refractivity contribution in [3.63, 3.8) is 0 Å². The summed E-state index contributed by atoms with van der Waals surface area (Å²) in [7, 11) is 1.55. The minimum atomic E-state index is -0.611. The quantitative estimate of drug-likeness (QED) is 0.834. The maximum Gasteiger partial charge on any atom is 0.258 e. The molecule has 2 aromatic carbocycles. The molecule has 0 fully saturated rings. The third-order valence-corrected chi connectivity index (χ3v) is 2.58. The Kier molecular flexibility index (Phi) is 3.66. The van der Waals surface area contributed by atoms with Crippen LogP contribution in [0.1, 0.15) is 10.4 Å². The van der Waals surface area contributed by atoms with Crippen LogP contribution in [0.4, 0.5) is 15.8 Å². The van der Waals surface area contributed by atoms with Crippen LogP contribution in [-0.2, 0) is 0 Å². The van der Waals surface area contributed by atoms with Crippen molar-refractivity contribution in [2.24, 2.45) is 0 Å². The molecule has 0 spiro atoms. The second-order valence-corrected chi connectivity index (χ2v) is 3.92. The molecule has 5 heteroatoms. The first-order valence-corrected chi connectivity index (χ1v) is 5.60. The highest BCUT2D eigenvalue weighted by molar-refractivity contribution is 6.04. The van der Waals surface area contributed by atoms with E-state index in [1.807, 2.05) is 0 Å². The molecule has 0 saturated heterocycles. The lowest BCUT2D eigenvalue weighted by Gasteiger charge is -2.07. The number of nitrogen functional groups attached to an aromatic ring is 1. The predicted molar refractivity (Wildman–Crippen MR) is 71.8 cm³/mol. The number of nitrogens with two attached hydrogens (primary N) is 1. The second kappa shape index (κ2) is 5.39. The third-order valence-electron chi connectivity index (χ3n) is 2.58. The summed E-state index contributed by atoms with van der Waals surface area (Å²) in [6.07, 6.45) is 0. The van der Waals surface area contributed by atoms with E-state index in [1.54, 1.807) is 31.4 Å².